The second-order valence-corrected chi connectivity index (χ2v) is 10.1. The molecule has 0 radical (unpaired) electrons. The lowest BCUT2D eigenvalue weighted by Gasteiger charge is -2.15. The largest absolute Gasteiger partial charge is 0.457 e. The molecular formula is C29H26N2O3S2. The molecule has 3 N–H and O–H groups in total. The molecule has 7 heteroatoms. The molecule has 0 unspecified atom stereocenters. The normalized spacial score (nSPS) is 11.1. The van der Waals surface area contributed by atoms with Gasteiger partial charge in [-0.1, -0.05) is 58.0 Å². The monoisotopic (exact) mass is 514 g/mol. The Hall–Kier alpha value is -3.81. The number of nitrogens with two attached hydrogens (primary N) is 1. The van der Waals surface area contributed by atoms with Gasteiger partial charge in [0.2, 0.25) is 0 Å². The lowest BCUT2D eigenvalue weighted by atomic mass is 10.2. The van der Waals surface area contributed by atoms with Crippen LogP contribution in [0, 0.1) is 0 Å². The van der Waals surface area contributed by atoms with Crippen LogP contribution >= 0.6 is 21.6 Å². The summed E-state index contributed by atoms with van der Waals surface area (Å²) in [4.78, 5) is 13.3. The lowest BCUT2D eigenvalue weighted by Crippen LogP contribution is -1.99. The minimum Gasteiger partial charge on any atom is -0.457 e. The van der Waals surface area contributed by atoms with Gasteiger partial charge in [-0.15, -0.1) is 0 Å². The number of hydrogen-bond acceptors (Lipinski definition) is 7. The van der Waals surface area contributed by atoms with E-state index in [0.29, 0.717) is 17.2 Å². The van der Waals surface area contributed by atoms with Crippen molar-refractivity contribution in [2.24, 2.45) is 0 Å². The first-order valence-corrected chi connectivity index (χ1v) is 13.4. The van der Waals surface area contributed by atoms with Gasteiger partial charge in [0.25, 0.3) is 0 Å². The summed E-state index contributed by atoms with van der Waals surface area (Å²) >= 11 is 0. The van der Waals surface area contributed by atoms with Gasteiger partial charge in [0.1, 0.15) is 23.0 Å². The summed E-state index contributed by atoms with van der Waals surface area (Å²) in [5.74, 6) is 2.91. The Morgan fingerprint density at radius 2 is 1.25 bits per heavy atom. The van der Waals surface area contributed by atoms with E-state index in [0.717, 1.165) is 32.7 Å². The van der Waals surface area contributed by atoms with Gasteiger partial charge in [-0.2, -0.15) is 0 Å². The van der Waals surface area contributed by atoms with E-state index < -0.39 is 0 Å². The molecule has 4 aromatic rings. The number of allylic oxidation sites excluding steroid dienone is 2. The van der Waals surface area contributed by atoms with Gasteiger partial charge in [-0.25, -0.2) is 0 Å². The molecule has 0 atom stereocenters. The van der Waals surface area contributed by atoms with Crippen molar-refractivity contribution in [1.82, 2.24) is 0 Å². The molecular weight excluding hydrogens is 488 g/mol. The van der Waals surface area contributed by atoms with Gasteiger partial charge in [0.15, 0.2) is 5.78 Å². The Morgan fingerprint density at radius 3 is 1.83 bits per heavy atom. The molecule has 182 valence electrons. The number of para-hydroxylation sites is 2. The highest BCUT2D eigenvalue weighted by Gasteiger charge is 2.11. The Kier molecular flexibility index (Phi) is 8.60. The quantitative estimate of drug-likeness (QED) is 0.125. The van der Waals surface area contributed by atoms with Crippen molar-refractivity contribution in [1.29, 1.82) is 0 Å². The zero-order valence-electron chi connectivity index (χ0n) is 19.9. The molecule has 5 nitrogen and oxygen atoms in total. The first-order chi connectivity index (χ1) is 17.5. The average molecular weight is 515 g/mol. The van der Waals surface area contributed by atoms with E-state index >= 15 is 0 Å². The molecule has 0 saturated heterocycles. The summed E-state index contributed by atoms with van der Waals surface area (Å²) in [6.45, 7) is 3.39. The van der Waals surface area contributed by atoms with Crippen molar-refractivity contribution in [3.8, 4) is 23.0 Å². The molecule has 0 spiro atoms. The highest BCUT2D eigenvalue weighted by atomic mass is 33.1. The lowest BCUT2D eigenvalue weighted by molar-refractivity contribution is -0.112. The molecule has 0 aliphatic heterocycles. The molecule has 36 heavy (non-hydrogen) atoms. The van der Waals surface area contributed by atoms with E-state index in [9.17, 15) is 4.79 Å². The van der Waals surface area contributed by atoms with Gasteiger partial charge in [-0.3, -0.25) is 4.79 Å². The van der Waals surface area contributed by atoms with Crippen LogP contribution in [0.2, 0.25) is 0 Å². The number of benzene rings is 4. The molecule has 0 amide bonds. The maximum Gasteiger partial charge on any atom is 0.154 e. The third kappa shape index (κ3) is 7.34. The highest BCUT2D eigenvalue weighted by molar-refractivity contribution is 8.76. The molecule has 0 saturated carbocycles. The molecule has 0 heterocycles. The van der Waals surface area contributed by atoms with Crippen molar-refractivity contribution in [2.45, 2.75) is 23.6 Å². The fraction of sp³-hybridized carbons (Fsp3) is 0.0690. The van der Waals surface area contributed by atoms with Gasteiger partial charge >= 0.3 is 0 Å². The summed E-state index contributed by atoms with van der Waals surface area (Å²) in [5.41, 5.74) is 8.55. The highest BCUT2D eigenvalue weighted by Crippen LogP contribution is 2.46. The second kappa shape index (κ2) is 12.2. The molecule has 4 aromatic carbocycles. The van der Waals surface area contributed by atoms with Crippen molar-refractivity contribution < 1.29 is 14.3 Å². The van der Waals surface area contributed by atoms with Gasteiger partial charge in [-0.05, 0) is 80.6 Å². The molecule has 0 aliphatic rings. The summed E-state index contributed by atoms with van der Waals surface area (Å²) in [7, 11) is 3.07. The minimum atomic E-state index is -0.0180. The molecule has 0 bridgehead atoms. The number of nitrogens with one attached hydrogen (secondary N) is 1. The van der Waals surface area contributed by atoms with Crippen LogP contribution in [0.1, 0.15) is 13.8 Å². The molecule has 4 rings (SSSR count). The SMILES string of the molecule is CC(=O)/C=C(\C)Nc1ccc(Oc2ccccc2)cc1SSc1cc(Oc2ccccc2)ccc1N. The standard InChI is InChI=1S/C29H26N2O3S2/c1-20(17-21(2)32)31-27-16-14-25(34-23-11-7-4-8-12-23)19-29(27)36-35-28-18-24(13-15-26(28)30)33-22-9-5-3-6-10-22/h3-19,31H,30H2,1-2H3/b20-17+. The Labute approximate surface area is 219 Å². The Morgan fingerprint density at radius 1 is 0.722 bits per heavy atom. The topological polar surface area (TPSA) is 73.6 Å². The maximum absolute atomic E-state index is 11.5. The Balaban J connectivity index is 1.57. The first kappa shape index (κ1) is 25.3. The number of rotatable bonds is 10. The summed E-state index contributed by atoms with van der Waals surface area (Å²) in [6, 6.07) is 30.7. The van der Waals surface area contributed by atoms with Crippen molar-refractivity contribution >= 4 is 38.7 Å². The number of carbonyl (C=O) groups is 1. The maximum atomic E-state index is 11.5. The Bertz CT molecular complexity index is 1360. The van der Waals surface area contributed by atoms with Crippen LogP contribution in [0.3, 0.4) is 0 Å². The van der Waals surface area contributed by atoms with E-state index in [1.807, 2.05) is 104 Å². The van der Waals surface area contributed by atoms with Crippen LogP contribution in [0.4, 0.5) is 11.4 Å². The van der Waals surface area contributed by atoms with Crippen molar-refractivity contribution in [3.63, 3.8) is 0 Å². The van der Waals surface area contributed by atoms with Crippen LogP contribution < -0.4 is 20.5 Å². The van der Waals surface area contributed by atoms with Crippen LogP contribution in [0.5, 0.6) is 23.0 Å². The van der Waals surface area contributed by atoms with Crippen molar-refractivity contribution in [3.05, 3.63) is 109 Å². The van der Waals surface area contributed by atoms with Gasteiger partial charge < -0.3 is 20.5 Å². The van der Waals surface area contributed by atoms with E-state index in [2.05, 4.69) is 5.32 Å². The minimum absolute atomic E-state index is 0.0180. The van der Waals surface area contributed by atoms with E-state index in [1.54, 1.807) is 16.9 Å². The van der Waals surface area contributed by atoms with E-state index in [-0.39, 0.29) is 5.78 Å². The number of ether oxygens (including phenoxy) is 2. The third-order valence-corrected chi connectivity index (χ3v) is 7.33. The van der Waals surface area contributed by atoms with Crippen LogP contribution in [-0.4, -0.2) is 5.78 Å². The molecule has 0 aliphatic carbocycles. The number of hydrogen-bond donors (Lipinski definition) is 2. The van der Waals surface area contributed by atoms with Crippen LogP contribution in [-0.2, 0) is 4.79 Å². The molecule has 0 aromatic heterocycles. The van der Waals surface area contributed by atoms with Crippen LogP contribution in [0.15, 0.2) is 119 Å². The smallest absolute Gasteiger partial charge is 0.154 e. The second-order valence-electron chi connectivity index (χ2n) is 7.92. The third-order valence-electron chi connectivity index (χ3n) is 4.87. The van der Waals surface area contributed by atoms with Gasteiger partial charge in [0.05, 0.1) is 5.69 Å². The predicted molar refractivity (Wildman–Crippen MR) is 150 cm³/mol. The number of nitrogen functional groups attached to an aromatic ring is 1. The van der Waals surface area contributed by atoms with Crippen LogP contribution in [0.25, 0.3) is 0 Å². The number of ketones is 1. The zero-order chi connectivity index (χ0) is 25.3. The summed E-state index contributed by atoms with van der Waals surface area (Å²) < 4.78 is 12.0. The molecule has 0 fully saturated rings. The first-order valence-electron chi connectivity index (χ1n) is 11.3. The van der Waals surface area contributed by atoms with Crippen molar-refractivity contribution in [2.75, 3.05) is 11.1 Å². The van der Waals surface area contributed by atoms with E-state index in [1.165, 1.54) is 17.7 Å². The fourth-order valence-corrected chi connectivity index (χ4v) is 5.55. The van der Waals surface area contributed by atoms with Gasteiger partial charge in [0, 0.05) is 21.2 Å². The summed E-state index contributed by atoms with van der Waals surface area (Å²) in [5, 5.41) is 3.32. The fourth-order valence-electron chi connectivity index (χ4n) is 3.28. The number of anilines is 2. The van der Waals surface area contributed by atoms with E-state index in [4.69, 9.17) is 15.2 Å². The summed E-state index contributed by atoms with van der Waals surface area (Å²) in [6.07, 6.45) is 1.57. The average Bonchev–Trinajstić information content (AvgIpc) is 2.86. The predicted octanol–water partition coefficient (Wildman–Crippen LogP) is 8.56. The zero-order valence-corrected chi connectivity index (χ0v) is 21.6. The number of carbonyl (C=O) groups excluding carboxylic acids is 1.